The molecule has 1 aliphatic heterocycles. The lowest BCUT2D eigenvalue weighted by Crippen LogP contribution is -2.38. The first-order valence-electron chi connectivity index (χ1n) is 6.86. The summed E-state index contributed by atoms with van der Waals surface area (Å²) >= 11 is 0. The van der Waals surface area contributed by atoms with Gasteiger partial charge in [-0.15, -0.1) is 0 Å². The molecular formula is C14H19N3O4. The van der Waals surface area contributed by atoms with Crippen molar-refractivity contribution in [2.45, 2.75) is 12.8 Å². The molecule has 0 radical (unpaired) electrons. The molecule has 21 heavy (non-hydrogen) atoms. The van der Waals surface area contributed by atoms with Crippen LogP contribution < -0.4 is 5.32 Å². The number of nitrogens with zero attached hydrogens (tertiary/aromatic N) is 2. The molecule has 1 saturated heterocycles. The van der Waals surface area contributed by atoms with Crippen LogP contribution in [-0.4, -0.2) is 53.8 Å². The van der Waals surface area contributed by atoms with Crippen molar-refractivity contribution in [1.82, 2.24) is 9.88 Å². The summed E-state index contributed by atoms with van der Waals surface area (Å²) in [7, 11) is 1.68. The number of aromatic nitrogens is 1. The number of anilines is 1. The molecule has 0 aliphatic carbocycles. The average molecular weight is 293 g/mol. The summed E-state index contributed by atoms with van der Waals surface area (Å²) in [6.07, 6.45) is 3.42. The fraction of sp³-hybridized carbons (Fsp3) is 0.500. The van der Waals surface area contributed by atoms with Crippen LogP contribution in [0.1, 0.15) is 23.3 Å². The Kier molecular flexibility index (Phi) is 5.10. The molecule has 0 bridgehead atoms. The zero-order valence-electron chi connectivity index (χ0n) is 11.9. The van der Waals surface area contributed by atoms with Crippen molar-refractivity contribution in [2.24, 2.45) is 5.92 Å². The number of ether oxygens (including phenoxy) is 1. The predicted molar refractivity (Wildman–Crippen MR) is 76.4 cm³/mol. The van der Waals surface area contributed by atoms with E-state index in [0.29, 0.717) is 19.1 Å². The van der Waals surface area contributed by atoms with Crippen LogP contribution in [0.5, 0.6) is 0 Å². The summed E-state index contributed by atoms with van der Waals surface area (Å²) in [6.45, 7) is 2.02. The Morgan fingerprint density at radius 3 is 3.05 bits per heavy atom. The van der Waals surface area contributed by atoms with Crippen LogP contribution in [0.15, 0.2) is 18.3 Å². The molecule has 1 aromatic rings. The second-order valence-electron chi connectivity index (χ2n) is 5.10. The first kappa shape index (κ1) is 15.2. The van der Waals surface area contributed by atoms with Gasteiger partial charge in [-0.3, -0.25) is 0 Å². The molecule has 0 aromatic carbocycles. The van der Waals surface area contributed by atoms with Crippen LogP contribution in [0.25, 0.3) is 0 Å². The van der Waals surface area contributed by atoms with Crippen LogP contribution in [0.2, 0.25) is 0 Å². The van der Waals surface area contributed by atoms with Crippen LogP contribution in [0.3, 0.4) is 0 Å². The van der Waals surface area contributed by atoms with Gasteiger partial charge in [-0.25, -0.2) is 14.6 Å². The number of hydrogen-bond acceptors (Lipinski definition) is 4. The van der Waals surface area contributed by atoms with Gasteiger partial charge in [0.05, 0.1) is 12.3 Å². The summed E-state index contributed by atoms with van der Waals surface area (Å²) < 4.78 is 5.39. The zero-order valence-corrected chi connectivity index (χ0v) is 11.9. The minimum absolute atomic E-state index is 0.166. The van der Waals surface area contributed by atoms with E-state index in [2.05, 4.69) is 10.3 Å². The van der Waals surface area contributed by atoms with E-state index in [1.807, 2.05) is 0 Å². The Hall–Kier alpha value is -2.15. The molecule has 2 N–H and O–H groups in total. The number of hydrogen-bond donors (Lipinski definition) is 2. The molecule has 2 amide bonds. The van der Waals surface area contributed by atoms with Crippen molar-refractivity contribution >= 4 is 17.7 Å². The van der Waals surface area contributed by atoms with Crippen molar-refractivity contribution in [3.8, 4) is 0 Å². The van der Waals surface area contributed by atoms with Gasteiger partial charge in [-0.1, -0.05) is 0 Å². The van der Waals surface area contributed by atoms with Gasteiger partial charge in [-0.05, 0) is 25.0 Å². The van der Waals surface area contributed by atoms with E-state index in [9.17, 15) is 9.59 Å². The van der Waals surface area contributed by atoms with Gasteiger partial charge in [0, 0.05) is 32.3 Å². The van der Waals surface area contributed by atoms with E-state index >= 15 is 0 Å². The first-order chi connectivity index (χ1) is 10.1. The summed E-state index contributed by atoms with van der Waals surface area (Å²) in [4.78, 5) is 28.5. The molecule has 1 atom stereocenters. The highest BCUT2D eigenvalue weighted by atomic mass is 16.5. The van der Waals surface area contributed by atoms with E-state index in [0.717, 1.165) is 19.4 Å². The van der Waals surface area contributed by atoms with Gasteiger partial charge in [0.1, 0.15) is 0 Å². The maximum Gasteiger partial charge on any atom is 0.356 e. The molecule has 7 heteroatoms. The first-order valence-corrected chi connectivity index (χ1v) is 6.86. The molecule has 2 heterocycles. The molecule has 0 spiro atoms. The molecular weight excluding hydrogens is 274 g/mol. The zero-order chi connectivity index (χ0) is 15.2. The highest BCUT2D eigenvalue weighted by Gasteiger charge is 2.20. The molecule has 114 valence electrons. The number of pyridine rings is 1. The molecule has 2 rings (SSSR count). The van der Waals surface area contributed by atoms with Crippen LogP contribution >= 0.6 is 0 Å². The summed E-state index contributed by atoms with van der Waals surface area (Å²) in [5, 5.41) is 11.6. The average Bonchev–Trinajstić information content (AvgIpc) is 2.48. The number of rotatable bonds is 4. The Morgan fingerprint density at radius 2 is 2.38 bits per heavy atom. The summed E-state index contributed by atoms with van der Waals surface area (Å²) in [6, 6.07) is 2.75. The number of carboxylic acids is 1. The lowest BCUT2D eigenvalue weighted by atomic mass is 10.0. The van der Waals surface area contributed by atoms with E-state index in [-0.39, 0.29) is 17.4 Å². The normalized spacial score (nSPS) is 18.0. The van der Waals surface area contributed by atoms with Crippen molar-refractivity contribution in [1.29, 1.82) is 0 Å². The van der Waals surface area contributed by atoms with Gasteiger partial charge < -0.3 is 20.1 Å². The summed E-state index contributed by atoms with van der Waals surface area (Å²) in [5.74, 6) is -0.850. The number of carbonyl (C=O) groups is 2. The fourth-order valence-electron chi connectivity index (χ4n) is 2.31. The quantitative estimate of drug-likeness (QED) is 0.881. The third-order valence-electron chi connectivity index (χ3n) is 3.39. The Balaban J connectivity index is 1.95. The molecule has 0 saturated carbocycles. The lowest BCUT2D eigenvalue weighted by Gasteiger charge is -2.27. The molecule has 1 fully saturated rings. The van der Waals surface area contributed by atoms with Crippen molar-refractivity contribution in [2.75, 3.05) is 32.1 Å². The maximum atomic E-state index is 12.1. The van der Waals surface area contributed by atoms with Gasteiger partial charge in [0.15, 0.2) is 5.69 Å². The van der Waals surface area contributed by atoms with Gasteiger partial charge >= 0.3 is 12.0 Å². The fourth-order valence-corrected chi connectivity index (χ4v) is 2.31. The van der Waals surface area contributed by atoms with Crippen molar-refractivity contribution in [3.05, 3.63) is 24.0 Å². The third-order valence-corrected chi connectivity index (χ3v) is 3.39. The molecule has 1 aliphatic rings. The number of amides is 2. The van der Waals surface area contributed by atoms with Crippen molar-refractivity contribution < 1.29 is 19.4 Å². The van der Waals surface area contributed by atoms with E-state index in [1.54, 1.807) is 13.1 Å². The Labute approximate surface area is 122 Å². The third kappa shape index (κ3) is 4.16. The van der Waals surface area contributed by atoms with E-state index in [1.165, 1.54) is 17.2 Å². The predicted octanol–water partition coefficient (Wildman–Crippen LogP) is 1.67. The van der Waals surface area contributed by atoms with Gasteiger partial charge in [-0.2, -0.15) is 0 Å². The van der Waals surface area contributed by atoms with Gasteiger partial charge in [0.25, 0.3) is 0 Å². The van der Waals surface area contributed by atoms with Gasteiger partial charge in [0.2, 0.25) is 0 Å². The SMILES string of the molecule is CN(CC1CCCOC1)C(=O)Nc1cccnc1C(=O)O. The lowest BCUT2D eigenvalue weighted by molar-refractivity contribution is 0.0464. The number of urea groups is 1. The number of carbonyl (C=O) groups excluding carboxylic acids is 1. The minimum Gasteiger partial charge on any atom is -0.476 e. The topological polar surface area (TPSA) is 91.8 Å². The highest BCUT2D eigenvalue weighted by molar-refractivity contribution is 5.98. The number of nitrogens with one attached hydrogen (secondary N) is 1. The van der Waals surface area contributed by atoms with Crippen molar-refractivity contribution in [3.63, 3.8) is 0 Å². The van der Waals surface area contributed by atoms with E-state index < -0.39 is 5.97 Å². The second kappa shape index (κ2) is 7.03. The highest BCUT2D eigenvalue weighted by Crippen LogP contribution is 2.16. The maximum absolute atomic E-state index is 12.1. The standard InChI is InChI=1S/C14H19N3O4/c1-17(8-10-4-3-7-21-9-10)14(20)16-11-5-2-6-15-12(11)13(18)19/h2,5-6,10H,3-4,7-9H2,1H3,(H,16,20)(H,18,19). The molecule has 7 nitrogen and oxygen atoms in total. The Morgan fingerprint density at radius 1 is 1.57 bits per heavy atom. The van der Waals surface area contributed by atoms with E-state index in [4.69, 9.17) is 9.84 Å². The van der Waals surface area contributed by atoms with Crippen LogP contribution in [-0.2, 0) is 4.74 Å². The largest absolute Gasteiger partial charge is 0.476 e. The molecule has 1 aromatic heterocycles. The van der Waals surface area contributed by atoms with Crippen LogP contribution in [0.4, 0.5) is 10.5 Å². The summed E-state index contributed by atoms with van der Waals surface area (Å²) in [5.41, 5.74) is 0.0296. The monoisotopic (exact) mass is 293 g/mol. The van der Waals surface area contributed by atoms with Crippen LogP contribution in [0, 0.1) is 5.92 Å². The second-order valence-corrected chi connectivity index (χ2v) is 5.10. The minimum atomic E-state index is -1.17. The number of aromatic carboxylic acids is 1. The smallest absolute Gasteiger partial charge is 0.356 e. The molecule has 1 unspecified atom stereocenters. The Bertz CT molecular complexity index is 515. The number of carboxylic acid groups (broad SMARTS) is 1.